The number of hydrogen-bond donors (Lipinski definition) is 1. The molecule has 0 saturated heterocycles. The SMILES string of the molecule is CN(CCF)c1ccc(C#CC2=Cc3cccnc3[NH2+]2)cc1. The number of rotatable bonds is 3. The molecule has 0 atom stereocenters. The first-order valence-corrected chi connectivity index (χ1v) is 7.17. The van der Waals surface area contributed by atoms with Crippen LogP contribution in [0.25, 0.3) is 6.08 Å². The van der Waals surface area contributed by atoms with E-state index in [9.17, 15) is 4.39 Å². The predicted molar refractivity (Wildman–Crippen MR) is 86.4 cm³/mol. The van der Waals surface area contributed by atoms with E-state index in [4.69, 9.17) is 0 Å². The van der Waals surface area contributed by atoms with Crippen molar-refractivity contribution in [1.29, 1.82) is 0 Å². The second-order valence-corrected chi connectivity index (χ2v) is 5.13. The molecule has 22 heavy (non-hydrogen) atoms. The van der Waals surface area contributed by atoms with Crippen LogP contribution in [0.2, 0.25) is 0 Å². The van der Waals surface area contributed by atoms with Gasteiger partial charge >= 0.3 is 0 Å². The molecule has 0 saturated carbocycles. The fourth-order valence-corrected chi connectivity index (χ4v) is 2.30. The molecule has 0 aliphatic carbocycles. The highest BCUT2D eigenvalue weighted by molar-refractivity contribution is 5.66. The van der Waals surface area contributed by atoms with Crippen molar-refractivity contribution in [3.05, 3.63) is 59.4 Å². The van der Waals surface area contributed by atoms with Gasteiger partial charge in [-0.25, -0.2) is 9.37 Å². The minimum atomic E-state index is -0.351. The summed E-state index contributed by atoms with van der Waals surface area (Å²) in [6.45, 7) is 0.0504. The number of benzene rings is 1. The third-order valence-electron chi connectivity index (χ3n) is 3.55. The second-order valence-electron chi connectivity index (χ2n) is 5.13. The number of anilines is 1. The van der Waals surface area contributed by atoms with E-state index in [1.54, 1.807) is 6.20 Å². The maximum Gasteiger partial charge on any atom is 0.237 e. The predicted octanol–water partition coefficient (Wildman–Crippen LogP) is 2.09. The molecule has 4 heteroatoms. The summed E-state index contributed by atoms with van der Waals surface area (Å²) in [4.78, 5) is 6.18. The summed E-state index contributed by atoms with van der Waals surface area (Å²) in [5.41, 5.74) is 4.00. The zero-order valence-corrected chi connectivity index (χ0v) is 12.4. The summed E-state index contributed by atoms with van der Waals surface area (Å²) >= 11 is 0. The molecule has 0 spiro atoms. The number of nitrogens with zero attached hydrogens (tertiary/aromatic N) is 2. The summed E-state index contributed by atoms with van der Waals surface area (Å²) in [5.74, 6) is 7.28. The summed E-state index contributed by atoms with van der Waals surface area (Å²) in [5, 5.41) is 1.99. The van der Waals surface area contributed by atoms with Gasteiger partial charge in [-0.1, -0.05) is 5.92 Å². The van der Waals surface area contributed by atoms with Crippen LogP contribution in [0.3, 0.4) is 0 Å². The van der Waals surface area contributed by atoms with E-state index in [1.165, 1.54) is 0 Å². The summed E-state index contributed by atoms with van der Waals surface area (Å²) in [6.07, 6.45) is 3.82. The van der Waals surface area contributed by atoms with Crippen LogP contribution < -0.4 is 10.2 Å². The Labute approximate surface area is 129 Å². The smallest absolute Gasteiger partial charge is 0.237 e. The number of pyridine rings is 1. The average Bonchev–Trinajstić information content (AvgIpc) is 2.96. The van der Waals surface area contributed by atoms with Crippen LogP contribution in [0, 0.1) is 11.8 Å². The number of alkyl halides is 1. The van der Waals surface area contributed by atoms with E-state index < -0.39 is 0 Å². The van der Waals surface area contributed by atoms with Crippen LogP contribution in [-0.4, -0.2) is 25.3 Å². The minimum absolute atomic E-state index is 0.351. The van der Waals surface area contributed by atoms with Crippen LogP contribution in [-0.2, 0) is 0 Å². The van der Waals surface area contributed by atoms with Crippen LogP contribution in [0.1, 0.15) is 11.1 Å². The van der Waals surface area contributed by atoms with Crippen LogP contribution in [0.5, 0.6) is 0 Å². The molecule has 3 rings (SSSR count). The molecule has 0 amide bonds. The number of halogens is 1. The van der Waals surface area contributed by atoms with Crippen LogP contribution in [0.4, 0.5) is 15.9 Å². The zero-order chi connectivity index (χ0) is 15.4. The van der Waals surface area contributed by atoms with E-state index in [-0.39, 0.29) is 6.67 Å². The van der Waals surface area contributed by atoms with Crippen molar-refractivity contribution >= 4 is 17.6 Å². The van der Waals surface area contributed by atoms with Gasteiger partial charge in [-0.05, 0) is 42.3 Å². The Morgan fingerprint density at radius 1 is 1.18 bits per heavy atom. The van der Waals surface area contributed by atoms with Gasteiger partial charge in [0, 0.05) is 37.1 Å². The normalized spacial score (nSPS) is 12.2. The van der Waals surface area contributed by atoms with Crippen LogP contribution >= 0.6 is 0 Å². The minimum Gasteiger partial charge on any atom is -0.372 e. The Bertz CT molecular complexity index is 754. The van der Waals surface area contributed by atoms with Gasteiger partial charge in [-0.2, -0.15) is 0 Å². The first kappa shape index (κ1) is 14.3. The van der Waals surface area contributed by atoms with Crippen molar-refractivity contribution in [1.82, 2.24) is 4.98 Å². The number of hydrogen-bond acceptors (Lipinski definition) is 2. The summed E-state index contributed by atoms with van der Waals surface area (Å²) in [6, 6.07) is 11.8. The molecule has 1 aliphatic rings. The average molecular weight is 294 g/mol. The first-order chi connectivity index (χ1) is 10.8. The van der Waals surface area contributed by atoms with E-state index in [2.05, 4.69) is 16.8 Å². The summed E-state index contributed by atoms with van der Waals surface area (Å²) in [7, 11) is 1.88. The molecule has 2 aromatic rings. The van der Waals surface area contributed by atoms with Crippen molar-refractivity contribution in [2.24, 2.45) is 0 Å². The molecule has 0 unspecified atom stereocenters. The number of aromatic nitrogens is 1. The second kappa shape index (κ2) is 6.42. The topological polar surface area (TPSA) is 32.7 Å². The molecule has 1 aliphatic heterocycles. The zero-order valence-electron chi connectivity index (χ0n) is 12.4. The Kier molecular flexibility index (Phi) is 4.17. The fourth-order valence-electron chi connectivity index (χ4n) is 2.30. The highest BCUT2D eigenvalue weighted by Crippen LogP contribution is 2.15. The number of nitrogens with two attached hydrogens (primary N) is 1. The standard InChI is InChI=1S/C18H16FN3/c1-22(12-10-19)17-8-5-14(6-9-17)4-7-16-13-15-3-2-11-20-18(15)21-16/h2-3,5-6,8-9,11,13H,10,12H2,1H3,(H,20,21)/p+1. The largest absolute Gasteiger partial charge is 0.372 e. The molecule has 0 radical (unpaired) electrons. The third kappa shape index (κ3) is 3.16. The molecular weight excluding hydrogens is 277 g/mol. The Morgan fingerprint density at radius 2 is 2.00 bits per heavy atom. The molecule has 0 bridgehead atoms. The van der Waals surface area contributed by atoms with E-state index in [0.717, 1.165) is 28.3 Å². The monoisotopic (exact) mass is 294 g/mol. The van der Waals surface area contributed by atoms with Gasteiger partial charge in [0.25, 0.3) is 0 Å². The maximum absolute atomic E-state index is 12.3. The lowest BCUT2D eigenvalue weighted by Gasteiger charge is -2.16. The van der Waals surface area contributed by atoms with Crippen molar-refractivity contribution < 1.29 is 9.71 Å². The van der Waals surface area contributed by atoms with E-state index in [1.807, 2.05) is 59.7 Å². The first-order valence-electron chi connectivity index (χ1n) is 7.17. The highest BCUT2D eigenvalue weighted by Gasteiger charge is 2.15. The number of allylic oxidation sites excluding steroid dienone is 1. The quantitative estimate of drug-likeness (QED) is 0.879. The van der Waals surface area contributed by atoms with Crippen molar-refractivity contribution in [2.45, 2.75) is 0 Å². The van der Waals surface area contributed by atoms with Gasteiger partial charge in [0.15, 0.2) is 5.70 Å². The molecule has 0 fully saturated rings. The lowest BCUT2D eigenvalue weighted by atomic mass is 10.2. The highest BCUT2D eigenvalue weighted by atomic mass is 19.1. The molecule has 110 valence electrons. The lowest BCUT2D eigenvalue weighted by Crippen LogP contribution is -2.74. The number of fused-ring (bicyclic) bond motifs is 1. The van der Waals surface area contributed by atoms with Gasteiger partial charge < -0.3 is 4.90 Å². The molecular formula is C18H17FN3+. The number of quaternary nitrogens is 1. The van der Waals surface area contributed by atoms with Gasteiger partial charge in [0.1, 0.15) is 6.67 Å². The molecule has 1 aromatic carbocycles. The van der Waals surface area contributed by atoms with Gasteiger partial charge in [0.2, 0.25) is 5.82 Å². The van der Waals surface area contributed by atoms with Crippen molar-refractivity contribution in [2.75, 3.05) is 25.2 Å². The van der Waals surface area contributed by atoms with Gasteiger partial charge in [-0.3, -0.25) is 5.32 Å². The molecule has 3 nitrogen and oxygen atoms in total. The molecule has 2 heterocycles. The van der Waals surface area contributed by atoms with Crippen LogP contribution in [0.15, 0.2) is 48.3 Å². The van der Waals surface area contributed by atoms with Crippen molar-refractivity contribution in [3.8, 4) is 11.8 Å². The Hall–Kier alpha value is -2.64. The van der Waals surface area contributed by atoms with Gasteiger partial charge in [-0.15, -0.1) is 0 Å². The fraction of sp³-hybridized carbons (Fsp3) is 0.167. The molecule has 2 N–H and O–H groups in total. The Morgan fingerprint density at radius 3 is 2.73 bits per heavy atom. The van der Waals surface area contributed by atoms with Crippen molar-refractivity contribution in [3.63, 3.8) is 0 Å². The molecule has 1 aromatic heterocycles. The summed E-state index contributed by atoms with van der Waals surface area (Å²) < 4.78 is 12.3. The third-order valence-corrected chi connectivity index (χ3v) is 3.55. The lowest BCUT2D eigenvalue weighted by molar-refractivity contribution is -0.509. The van der Waals surface area contributed by atoms with Gasteiger partial charge in [0.05, 0.1) is 5.56 Å². The Balaban J connectivity index is 1.71. The van der Waals surface area contributed by atoms with E-state index >= 15 is 0 Å². The van der Waals surface area contributed by atoms with E-state index in [0.29, 0.717) is 6.54 Å². The maximum atomic E-state index is 12.3.